The van der Waals surface area contributed by atoms with Crippen LogP contribution in [0.2, 0.25) is 0 Å². The molecule has 3 rings (SSSR count). The molecule has 7 nitrogen and oxygen atoms in total. The summed E-state index contributed by atoms with van der Waals surface area (Å²) in [5.41, 5.74) is 3.26. The second-order valence-electron chi connectivity index (χ2n) is 7.00. The molecular weight excluding hydrogens is 372 g/mol. The van der Waals surface area contributed by atoms with Crippen molar-refractivity contribution in [1.82, 2.24) is 9.80 Å². The van der Waals surface area contributed by atoms with Crippen molar-refractivity contribution in [3.05, 3.63) is 70.3 Å². The van der Waals surface area contributed by atoms with Gasteiger partial charge < -0.3 is 9.64 Å². The molecule has 1 aliphatic rings. The van der Waals surface area contributed by atoms with E-state index in [1.165, 1.54) is 12.0 Å². The van der Waals surface area contributed by atoms with Crippen molar-refractivity contribution in [3.63, 3.8) is 0 Å². The zero-order valence-corrected chi connectivity index (χ0v) is 16.6. The van der Waals surface area contributed by atoms with Crippen molar-refractivity contribution in [2.75, 3.05) is 20.2 Å². The number of nitrogens with zero attached hydrogens (tertiary/aromatic N) is 2. The lowest BCUT2D eigenvalue weighted by atomic mass is 10.1. The maximum atomic E-state index is 12.9. The van der Waals surface area contributed by atoms with Crippen molar-refractivity contribution in [1.29, 1.82) is 0 Å². The Morgan fingerprint density at radius 2 is 1.69 bits per heavy atom. The van der Waals surface area contributed by atoms with Crippen LogP contribution in [0.1, 0.15) is 37.4 Å². The molecule has 0 aliphatic carbocycles. The number of benzene rings is 2. The van der Waals surface area contributed by atoms with Gasteiger partial charge in [-0.1, -0.05) is 35.9 Å². The van der Waals surface area contributed by atoms with Crippen molar-refractivity contribution in [3.8, 4) is 0 Å². The van der Waals surface area contributed by atoms with Gasteiger partial charge in [-0.15, -0.1) is 0 Å². The van der Waals surface area contributed by atoms with Gasteiger partial charge in [0.2, 0.25) is 5.91 Å². The van der Waals surface area contributed by atoms with Gasteiger partial charge in [-0.25, -0.2) is 0 Å². The minimum atomic E-state index is -0.579. The van der Waals surface area contributed by atoms with Crippen LogP contribution >= 0.6 is 0 Å². The van der Waals surface area contributed by atoms with Gasteiger partial charge in [-0.2, -0.15) is 0 Å². The molecule has 0 unspecified atom stereocenters. The van der Waals surface area contributed by atoms with E-state index in [1.54, 1.807) is 18.2 Å². The molecule has 0 spiro atoms. The summed E-state index contributed by atoms with van der Waals surface area (Å²) in [7, 11) is 1.24. The molecule has 7 heteroatoms. The number of methoxy groups -OCH3 is 1. The molecular formula is C22H22N2O5. The number of ether oxygens (including phenoxy) is 1. The van der Waals surface area contributed by atoms with Crippen molar-refractivity contribution >= 4 is 23.7 Å². The highest BCUT2D eigenvalue weighted by molar-refractivity contribution is 6.22. The molecule has 3 amide bonds. The van der Waals surface area contributed by atoms with Gasteiger partial charge in [0.05, 0.1) is 18.2 Å². The van der Waals surface area contributed by atoms with Gasteiger partial charge in [0, 0.05) is 6.54 Å². The van der Waals surface area contributed by atoms with E-state index in [4.69, 9.17) is 4.74 Å². The normalized spacial score (nSPS) is 12.7. The van der Waals surface area contributed by atoms with Crippen LogP contribution in [0.4, 0.5) is 0 Å². The van der Waals surface area contributed by atoms with Gasteiger partial charge in [0.1, 0.15) is 13.1 Å². The first-order chi connectivity index (χ1) is 13.8. The lowest BCUT2D eigenvalue weighted by Crippen LogP contribution is -2.44. The fourth-order valence-electron chi connectivity index (χ4n) is 3.23. The lowest BCUT2D eigenvalue weighted by molar-refractivity contribution is -0.147. The zero-order chi connectivity index (χ0) is 21.1. The van der Waals surface area contributed by atoms with Gasteiger partial charge in [-0.3, -0.25) is 24.1 Å². The Morgan fingerprint density at radius 3 is 2.38 bits per heavy atom. The molecule has 1 aliphatic heterocycles. The average molecular weight is 394 g/mol. The first kappa shape index (κ1) is 20.3. The second-order valence-corrected chi connectivity index (χ2v) is 7.00. The van der Waals surface area contributed by atoms with Crippen molar-refractivity contribution in [2.24, 2.45) is 0 Å². The van der Waals surface area contributed by atoms with Gasteiger partial charge >= 0.3 is 5.97 Å². The monoisotopic (exact) mass is 394 g/mol. The highest BCUT2D eigenvalue weighted by Gasteiger charge is 2.37. The molecule has 1 heterocycles. The predicted octanol–water partition coefficient (Wildman–Crippen LogP) is 2.10. The molecule has 0 N–H and O–H groups in total. The number of fused-ring (bicyclic) bond motifs is 1. The molecule has 0 fully saturated rings. The fraction of sp³-hybridized carbons (Fsp3) is 0.273. The highest BCUT2D eigenvalue weighted by Crippen LogP contribution is 2.24. The third-order valence-electron chi connectivity index (χ3n) is 4.94. The standard InChI is InChI=1S/C22H22N2O5/c1-14-8-9-17-18(10-14)22(28)24(21(17)27)12-19(25)23(13-20(26)29-3)11-16-7-5-4-6-15(16)2/h4-10H,11-13H2,1-3H3. The SMILES string of the molecule is COC(=O)CN(Cc1ccccc1C)C(=O)CN1C(=O)c2ccc(C)cc2C1=O. The number of carbonyl (C=O) groups is 4. The molecule has 150 valence electrons. The number of aryl methyl sites for hydroxylation is 2. The quantitative estimate of drug-likeness (QED) is 0.553. The van der Waals surface area contributed by atoms with E-state index in [0.717, 1.165) is 21.6 Å². The van der Waals surface area contributed by atoms with E-state index < -0.39 is 30.2 Å². The van der Waals surface area contributed by atoms with Crippen LogP contribution in [-0.4, -0.2) is 53.7 Å². The van der Waals surface area contributed by atoms with E-state index in [2.05, 4.69) is 0 Å². The Hall–Kier alpha value is -3.48. The number of rotatable bonds is 6. The molecule has 2 aromatic rings. The number of imide groups is 1. The summed E-state index contributed by atoms with van der Waals surface area (Å²) in [5.74, 6) is -2.10. The zero-order valence-electron chi connectivity index (χ0n) is 16.6. The van der Waals surface area contributed by atoms with E-state index >= 15 is 0 Å². The number of hydrogen-bond acceptors (Lipinski definition) is 5. The van der Waals surface area contributed by atoms with Crippen LogP contribution in [0.3, 0.4) is 0 Å². The van der Waals surface area contributed by atoms with E-state index in [1.807, 2.05) is 38.1 Å². The van der Waals surface area contributed by atoms with Crippen LogP contribution in [0.5, 0.6) is 0 Å². The summed E-state index contributed by atoms with van der Waals surface area (Å²) in [6, 6.07) is 12.5. The smallest absolute Gasteiger partial charge is 0.325 e. The van der Waals surface area contributed by atoms with Crippen molar-refractivity contribution in [2.45, 2.75) is 20.4 Å². The van der Waals surface area contributed by atoms with Crippen LogP contribution in [0.15, 0.2) is 42.5 Å². The largest absolute Gasteiger partial charge is 0.468 e. The predicted molar refractivity (Wildman–Crippen MR) is 105 cm³/mol. The first-order valence-electron chi connectivity index (χ1n) is 9.17. The minimum absolute atomic E-state index is 0.170. The molecule has 0 atom stereocenters. The summed E-state index contributed by atoms with van der Waals surface area (Å²) in [4.78, 5) is 52.2. The lowest BCUT2D eigenvalue weighted by Gasteiger charge is -2.24. The third-order valence-corrected chi connectivity index (χ3v) is 4.94. The van der Waals surface area contributed by atoms with E-state index in [9.17, 15) is 19.2 Å². The van der Waals surface area contributed by atoms with E-state index in [-0.39, 0.29) is 18.7 Å². The summed E-state index contributed by atoms with van der Waals surface area (Å²) in [6.45, 7) is 3.19. The summed E-state index contributed by atoms with van der Waals surface area (Å²) < 4.78 is 4.69. The molecule has 2 aromatic carbocycles. The molecule has 0 aromatic heterocycles. The van der Waals surface area contributed by atoms with Crippen LogP contribution < -0.4 is 0 Å². The number of carbonyl (C=O) groups excluding carboxylic acids is 4. The minimum Gasteiger partial charge on any atom is -0.468 e. The van der Waals surface area contributed by atoms with Crippen molar-refractivity contribution < 1.29 is 23.9 Å². The van der Waals surface area contributed by atoms with Crippen LogP contribution in [0, 0.1) is 13.8 Å². The first-order valence-corrected chi connectivity index (χ1v) is 9.17. The number of esters is 1. The highest BCUT2D eigenvalue weighted by atomic mass is 16.5. The fourth-order valence-corrected chi connectivity index (χ4v) is 3.23. The maximum absolute atomic E-state index is 12.9. The van der Waals surface area contributed by atoms with Crippen LogP contribution in [0.25, 0.3) is 0 Å². The summed E-state index contributed by atoms with van der Waals surface area (Å²) >= 11 is 0. The Kier molecular flexibility index (Phi) is 5.77. The molecule has 29 heavy (non-hydrogen) atoms. The Balaban J connectivity index is 1.81. The third kappa shape index (κ3) is 4.18. The van der Waals surface area contributed by atoms with Gasteiger partial charge in [-0.05, 0) is 37.1 Å². The average Bonchev–Trinajstić information content (AvgIpc) is 2.93. The molecule has 0 saturated heterocycles. The Bertz CT molecular complexity index is 998. The molecule has 0 saturated carbocycles. The number of amides is 3. The summed E-state index contributed by atoms with van der Waals surface area (Å²) in [5, 5.41) is 0. The van der Waals surface area contributed by atoms with Gasteiger partial charge in [0.15, 0.2) is 0 Å². The molecule has 0 bridgehead atoms. The Morgan fingerprint density at radius 1 is 1.00 bits per heavy atom. The Labute approximate surface area is 168 Å². The van der Waals surface area contributed by atoms with Crippen LogP contribution in [-0.2, 0) is 20.9 Å². The molecule has 0 radical (unpaired) electrons. The van der Waals surface area contributed by atoms with Gasteiger partial charge in [0.25, 0.3) is 11.8 Å². The topological polar surface area (TPSA) is 84.0 Å². The summed E-state index contributed by atoms with van der Waals surface area (Å²) in [6.07, 6.45) is 0. The van der Waals surface area contributed by atoms with E-state index in [0.29, 0.717) is 5.56 Å². The second kappa shape index (κ2) is 8.26. The maximum Gasteiger partial charge on any atom is 0.325 e. The number of hydrogen-bond donors (Lipinski definition) is 0.